The van der Waals surface area contributed by atoms with Gasteiger partial charge in [-0.05, 0) is 5.92 Å². The fourth-order valence-electron chi connectivity index (χ4n) is 1.66. The number of rotatable bonds is 5. The number of hydrogen-bond acceptors (Lipinski definition) is 3. The summed E-state index contributed by atoms with van der Waals surface area (Å²) < 4.78 is 11.1. The van der Waals surface area contributed by atoms with Crippen molar-refractivity contribution in [3.8, 4) is 0 Å². The van der Waals surface area contributed by atoms with Crippen LogP contribution in [-0.4, -0.2) is 32.6 Å². The number of nitrogens with two attached hydrogens (primary N) is 1. The Kier molecular flexibility index (Phi) is 4.93. The smallest absolute Gasteiger partial charge is 0.328 e. The van der Waals surface area contributed by atoms with Crippen molar-refractivity contribution in [2.24, 2.45) is 17.6 Å². The number of aliphatic carboxylic acids is 1. The molecule has 0 spiro atoms. The van der Waals surface area contributed by atoms with Gasteiger partial charge < -0.3 is 20.6 Å². The lowest BCUT2D eigenvalue weighted by Gasteiger charge is -2.30. The van der Waals surface area contributed by atoms with Crippen LogP contribution < -0.4 is 5.73 Å². The van der Waals surface area contributed by atoms with Crippen LogP contribution >= 0.6 is 7.60 Å². The first-order valence-corrected chi connectivity index (χ1v) is 6.30. The summed E-state index contributed by atoms with van der Waals surface area (Å²) in [5.74, 6) is -2.20. The Morgan fingerprint density at radius 2 is 1.67 bits per heavy atom. The van der Waals surface area contributed by atoms with Crippen LogP contribution in [0, 0.1) is 11.8 Å². The summed E-state index contributed by atoms with van der Waals surface area (Å²) in [6.45, 7) is 4.72. The van der Waals surface area contributed by atoms with Gasteiger partial charge >= 0.3 is 13.6 Å². The molecule has 7 heteroatoms. The first-order valence-electron chi connectivity index (χ1n) is 4.62. The molecule has 6 nitrogen and oxygen atoms in total. The molecule has 0 aliphatic rings. The van der Waals surface area contributed by atoms with Gasteiger partial charge in [0.15, 0.2) is 0 Å². The van der Waals surface area contributed by atoms with Crippen LogP contribution in [0.4, 0.5) is 0 Å². The van der Waals surface area contributed by atoms with Gasteiger partial charge in [0, 0.05) is 5.92 Å². The van der Waals surface area contributed by atoms with Crippen LogP contribution in [0.1, 0.15) is 20.8 Å². The minimum absolute atomic E-state index is 0.210. The molecule has 90 valence electrons. The normalized spacial score (nSPS) is 18.6. The molecule has 3 atom stereocenters. The zero-order valence-corrected chi connectivity index (χ0v) is 9.89. The number of carboxylic acid groups (broad SMARTS) is 1. The summed E-state index contributed by atoms with van der Waals surface area (Å²) in [5.41, 5.74) is 4.36. The maximum absolute atomic E-state index is 11.1. The highest BCUT2D eigenvalue weighted by molar-refractivity contribution is 7.52. The van der Waals surface area contributed by atoms with Crippen molar-refractivity contribution < 1.29 is 24.3 Å². The lowest BCUT2D eigenvalue weighted by Crippen LogP contribution is -2.45. The predicted octanol–water partition coefficient (Wildman–Crippen LogP) is 0.237. The van der Waals surface area contributed by atoms with E-state index < -0.39 is 31.2 Å². The fourth-order valence-corrected chi connectivity index (χ4v) is 2.64. The molecule has 0 saturated heterocycles. The number of hydrogen-bond donors (Lipinski definition) is 4. The van der Waals surface area contributed by atoms with Gasteiger partial charge in [-0.25, -0.2) is 0 Å². The summed E-state index contributed by atoms with van der Waals surface area (Å²) in [5, 5.41) is 8.74. The summed E-state index contributed by atoms with van der Waals surface area (Å²) >= 11 is 0. The Labute approximate surface area is 88.6 Å². The quantitative estimate of drug-likeness (QED) is 0.510. The number of carbonyl (C=O) groups is 1. The summed E-state index contributed by atoms with van der Waals surface area (Å²) in [6, 6.07) is -1.26. The Morgan fingerprint density at radius 1 is 1.27 bits per heavy atom. The average molecular weight is 239 g/mol. The molecule has 0 aromatic heterocycles. The lowest BCUT2D eigenvalue weighted by atomic mass is 9.86. The third kappa shape index (κ3) is 3.91. The summed E-state index contributed by atoms with van der Waals surface area (Å²) in [7, 11) is -4.30. The van der Waals surface area contributed by atoms with Gasteiger partial charge in [0.25, 0.3) is 0 Å². The Morgan fingerprint density at radius 3 is 1.87 bits per heavy atom. The van der Waals surface area contributed by atoms with E-state index in [-0.39, 0.29) is 5.92 Å². The van der Waals surface area contributed by atoms with Crippen molar-refractivity contribution in [1.82, 2.24) is 0 Å². The molecule has 0 unspecified atom stereocenters. The Bertz CT molecular complexity index is 274. The van der Waals surface area contributed by atoms with Crippen molar-refractivity contribution in [3.05, 3.63) is 0 Å². The molecule has 0 aliphatic heterocycles. The van der Waals surface area contributed by atoms with E-state index in [2.05, 4.69) is 0 Å². The highest BCUT2D eigenvalue weighted by Gasteiger charge is 2.39. The molecule has 0 radical (unpaired) electrons. The van der Waals surface area contributed by atoms with E-state index >= 15 is 0 Å². The van der Waals surface area contributed by atoms with Crippen LogP contribution in [0.25, 0.3) is 0 Å². The molecule has 0 amide bonds. The van der Waals surface area contributed by atoms with Gasteiger partial charge in [0.1, 0.15) is 6.04 Å². The average Bonchev–Trinajstić information content (AvgIpc) is 2.01. The molecule has 0 aliphatic carbocycles. The summed E-state index contributed by atoms with van der Waals surface area (Å²) in [6.07, 6.45) is 0. The van der Waals surface area contributed by atoms with Gasteiger partial charge in [-0.2, -0.15) is 0 Å². The Hall–Kier alpha value is -0.420. The molecule has 0 saturated carbocycles. The zero-order valence-electron chi connectivity index (χ0n) is 8.99. The lowest BCUT2D eigenvalue weighted by molar-refractivity contribution is -0.140. The molecule has 15 heavy (non-hydrogen) atoms. The standard InChI is InChI=1S/C8H18NO5P/c1-4(2)6(7(9)8(10)11)5(3)15(12,13)14/h4-7H,9H2,1-3H3,(H,10,11)(H2,12,13,14)/t5-,6-,7-/m0/s1. The Balaban J connectivity index is 4.99. The van der Waals surface area contributed by atoms with E-state index in [1.807, 2.05) is 0 Å². The zero-order chi connectivity index (χ0) is 12.4. The van der Waals surface area contributed by atoms with Crippen molar-refractivity contribution in [1.29, 1.82) is 0 Å². The minimum Gasteiger partial charge on any atom is -0.480 e. The van der Waals surface area contributed by atoms with Crippen LogP contribution in [0.3, 0.4) is 0 Å². The van der Waals surface area contributed by atoms with E-state index in [4.69, 9.17) is 20.6 Å². The van der Waals surface area contributed by atoms with Gasteiger partial charge in [-0.15, -0.1) is 0 Å². The monoisotopic (exact) mass is 239 g/mol. The SMILES string of the molecule is CC(C)[C@H]([C@H](N)C(=O)O)[C@H](C)P(=O)(O)O. The van der Waals surface area contributed by atoms with Crippen molar-refractivity contribution in [3.63, 3.8) is 0 Å². The van der Waals surface area contributed by atoms with E-state index in [1.165, 1.54) is 6.92 Å². The van der Waals surface area contributed by atoms with Gasteiger partial charge in [-0.1, -0.05) is 20.8 Å². The second-order valence-electron chi connectivity index (χ2n) is 4.02. The second-order valence-corrected chi connectivity index (χ2v) is 6.01. The molecule has 0 fully saturated rings. The predicted molar refractivity (Wildman–Crippen MR) is 55.4 cm³/mol. The summed E-state index contributed by atoms with van der Waals surface area (Å²) in [4.78, 5) is 28.7. The van der Waals surface area contributed by atoms with Crippen molar-refractivity contribution >= 4 is 13.6 Å². The van der Waals surface area contributed by atoms with E-state index in [1.54, 1.807) is 13.8 Å². The van der Waals surface area contributed by atoms with Gasteiger partial charge in [0.05, 0.1) is 5.66 Å². The van der Waals surface area contributed by atoms with Gasteiger partial charge in [-0.3, -0.25) is 9.36 Å². The van der Waals surface area contributed by atoms with Crippen molar-refractivity contribution in [2.75, 3.05) is 0 Å². The molecule has 0 heterocycles. The maximum atomic E-state index is 11.1. The topological polar surface area (TPSA) is 121 Å². The van der Waals surface area contributed by atoms with Crippen molar-refractivity contribution in [2.45, 2.75) is 32.5 Å². The van der Waals surface area contributed by atoms with Crippen LogP contribution in [-0.2, 0) is 9.36 Å². The third-order valence-corrected chi connectivity index (χ3v) is 3.96. The van der Waals surface area contributed by atoms with Gasteiger partial charge in [0.2, 0.25) is 0 Å². The number of carboxylic acids is 1. The highest BCUT2D eigenvalue weighted by atomic mass is 31.2. The molecule has 0 rings (SSSR count). The van der Waals surface area contributed by atoms with Crippen LogP contribution in [0.2, 0.25) is 0 Å². The first kappa shape index (κ1) is 14.6. The molecular formula is C8H18NO5P. The molecule has 5 N–H and O–H groups in total. The van der Waals surface area contributed by atoms with E-state index in [0.29, 0.717) is 0 Å². The minimum atomic E-state index is -4.30. The van der Waals surface area contributed by atoms with E-state index in [9.17, 15) is 9.36 Å². The van der Waals surface area contributed by atoms with Crippen LogP contribution in [0.5, 0.6) is 0 Å². The fraction of sp³-hybridized carbons (Fsp3) is 0.875. The van der Waals surface area contributed by atoms with Crippen LogP contribution in [0.15, 0.2) is 0 Å². The molecule has 0 bridgehead atoms. The maximum Gasteiger partial charge on any atom is 0.328 e. The highest BCUT2D eigenvalue weighted by Crippen LogP contribution is 2.47. The molecule has 0 aromatic carbocycles. The molecular weight excluding hydrogens is 221 g/mol. The first-order chi connectivity index (χ1) is 6.59. The van der Waals surface area contributed by atoms with E-state index in [0.717, 1.165) is 0 Å². The molecule has 0 aromatic rings. The second kappa shape index (κ2) is 5.07. The largest absolute Gasteiger partial charge is 0.480 e. The third-order valence-electron chi connectivity index (χ3n) is 2.56.